The number of nitrogens with one attached hydrogen (secondary N) is 2. The molecule has 0 aromatic carbocycles. The maximum absolute atomic E-state index is 12.0. The number of H-pyrrole nitrogens is 1. The van der Waals surface area contributed by atoms with Crippen molar-refractivity contribution in [3.63, 3.8) is 0 Å². The summed E-state index contributed by atoms with van der Waals surface area (Å²) in [4.78, 5) is 19.9. The molecule has 1 unspecified atom stereocenters. The maximum Gasteiger partial charge on any atom is 0.267 e. The van der Waals surface area contributed by atoms with Gasteiger partial charge in [0.15, 0.2) is 0 Å². The minimum absolute atomic E-state index is 0.0628. The van der Waals surface area contributed by atoms with Crippen LogP contribution in [0.25, 0.3) is 11.0 Å². The van der Waals surface area contributed by atoms with Gasteiger partial charge >= 0.3 is 0 Å². The molecule has 0 saturated heterocycles. The number of hydrogen-bond donors (Lipinski definition) is 3. The highest BCUT2D eigenvalue weighted by atomic mass is 16.3. The second kappa shape index (κ2) is 5.96. The predicted octanol–water partition coefficient (Wildman–Crippen LogP) is 2.44. The molecule has 3 N–H and O–H groups in total. The van der Waals surface area contributed by atoms with E-state index in [-0.39, 0.29) is 19.1 Å². The van der Waals surface area contributed by atoms with Crippen LogP contribution >= 0.6 is 0 Å². The molecular formula is C18H25N3O2. The second-order valence-electron chi connectivity index (χ2n) is 7.50. The number of amides is 1. The Kier molecular flexibility index (Phi) is 4.15. The molecule has 5 nitrogen and oxygen atoms in total. The maximum atomic E-state index is 12.0. The molecule has 1 aliphatic rings. The second-order valence-corrected chi connectivity index (χ2v) is 7.50. The minimum Gasteiger partial charge on any atom is -0.395 e. The van der Waals surface area contributed by atoms with Crippen molar-refractivity contribution in [2.75, 3.05) is 13.2 Å². The van der Waals surface area contributed by atoms with Gasteiger partial charge < -0.3 is 15.4 Å². The zero-order valence-corrected chi connectivity index (χ0v) is 14.1. The molecule has 5 heteroatoms. The Balaban J connectivity index is 1.89. The Labute approximate surface area is 136 Å². The zero-order valence-electron chi connectivity index (χ0n) is 14.1. The van der Waals surface area contributed by atoms with Gasteiger partial charge in [0.2, 0.25) is 0 Å². The zero-order chi connectivity index (χ0) is 16.6. The van der Waals surface area contributed by atoms with Crippen molar-refractivity contribution >= 4 is 16.9 Å². The molecule has 0 bridgehead atoms. The van der Waals surface area contributed by atoms with Crippen LogP contribution in [0, 0.1) is 11.3 Å². The topological polar surface area (TPSA) is 78.0 Å². The molecule has 0 aliphatic heterocycles. The van der Waals surface area contributed by atoms with E-state index >= 15 is 0 Å². The number of rotatable bonds is 3. The Morgan fingerprint density at radius 2 is 2.22 bits per heavy atom. The number of pyridine rings is 1. The lowest BCUT2D eigenvalue weighted by Gasteiger charge is -2.34. The van der Waals surface area contributed by atoms with E-state index in [0.717, 1.165) is 23.9 Å². The third-order valence-electron chi connectivity index (χ3n) is 4.83. The molecule has 0 radical (unpaired) electrons. The van der Waals surface area contributed by atoms with E-state index in [1.54, 1.807) is 6.07 Å². The SMILES string of the molecule is CC(C)(C)C1CCc2nc3cc(C(=O)NCCO)[nH]c3cc2C1. The van der Waals surface area contributed by atoms with Gasteiger partial charge in [-0.05, 0) is 48.3 Å². The van der Waals surface area contributed by atoms with Crippen molar-refractivity contribution in [3.8, 4) is 0 Å². The average Bonchev–Trinajstić information content (AvgIpc) is 2.91. The highest BCUT2D eigenvalue weighted by Crippen LogP contribution is 2.37. The number of carbonyl (C=O) groups is 1. The summed E-state index contributed by atoms with van der Waals surface area (Å²) in [5, 5.41) is 11.5. The molecule has 0 spiro atoms. The monoisotopic (exact) mass is 315 g/mol. The van der Waals surface area contributed by atoms with Gasteiger partial charge in [-0.2, -0.15) is 0 Å². The molecule has 3 rings (SSSR count). The smallest absolute Gasteiger partial charge is 0.267 e. The number of nitrogens with zero attached hydrogens (tertiary/aromatic N) is 1. The average molecular weight is 315 g/mol. The lowest BCUT2D eigenvalue weighted by Crippen LogP contribution is -2.27. The van der Waals surface area contributed by atoms with Crippen LogP contribution in [0.4, 0.5) is 0 Å². The van der Waals surface area contributed by atoms with Crippen LogP contribution in [-0.2, 0) is 12.8 Å². The van der Waals surface area contributed by atoms with Crippen molar-refractivity contribution in [3.05, 3.63) is 29.1 Å². The van der Waals surface area contributed by atoms with Crippen LogP contribution in [0.5, 0.6) is 0 Å². The lowest BCUT2D eigenvalue weighted by atomic mass is 9.71. The van der Waals surface area contributed by atoms with Gasteiger partial charge in [0.1, 0.15) is 5.69 Å². The van der Waals surface area contributed by atoms with Gasteiger partial charge in [0, 0.05) is 12.2 Å². The summed E-state index contributed by atoms with van der Waals surface area (Å²) in [5.41, 5.74) is 5.01. The van der Waals surface area contributed by atoms with E-state index in [0.29, 0.717) is 17.0 Å². The number of hydrogen-bond acceptors (Lipinski definition) is 3. The first-order chi connectivity index (χ1) is 10.9. The first kappa shape index (κ1) is 16.0. The van der Waals surface area contributed by atoms with E-state index in [9.17, 15) is 4.79 Å². The van der Waals surface area contributed by atoms with Gasteiger partial charge in [0.05, 0.1) is 17.6 Å². The molecule has 2 aromatic heterocycles. The lowest BCUT2D eigenvalue weighted by molar-refractivity contribution is 0.0940. The van der Waals surface area contributed by atoms with E-state index in [1.165, 1.54) is 17.7 Å². The minimum atomic E-state index is -0.206. The summed E-state index contributed by atoms with van der Waals surface area (Å²) in [5.74, 6) is 0.458. The Hall–Kier alpha value is -1.88. The van der Waals surface area contributed by atoms with Crippen LogP contribution in [0.1, 0.15) is 48.9 Å². The number of aliphatic hydroxyl groups is 1. The third kappa shape index (κ3) is 3.24. The fourth-order valence-corrected chi connectivity index (χ4v) is 3.33. The van der Waals surface area contributed by atoms with Crippen LogP contribution in [0.15, 0.2) is 12.1 Å². The number of fused-ring (bicyclic) bond motifs is 2. The molecule has 124 valence electrons. The quantitative estimate of drug-likeness (QED) is 0.814. The van der Waals surface area contributed by atoms with Crippen LogP contribution < -0.4 is 5.32 Å². The number of aryl methyl sites for hydroxylation is 1. The highest BCUT2D eigenvalue weighted by molar-refractivity contribution is 5.97. The number of aromatic amines is 1. The number of carbonyl (C=O) groups excluding carboxylic acids is 1. The summed E-state index contributed by atoms with van der Waals surface area (Å²) >= 11 is 0. The van der Waals surface area contributed by atoms with Crippen LogP contribution in [-0.4, -0.2) is 34.1 Å². The van der Waals surface area contributed by atoms with Gasteiger partial charge in [-0.1, -0.05) is 20.8 Å². The molecule has 1 aliphatic carbocycles. The molecule has 2 heterocycles. The molecule has 1 amide bonds. The van der Waals surface area contributed by atoms with E-state index in [2.05, 4.69) is 37.1 Å². The molecule has 2 aromatic rings. The van der Waals surface area contributed by atoms with E-state index in [1.807, 2.05) is 0 Å². The Bertz CT molecular complexity index is 728. The first-order valence-electron chi connectivity index (χ1n) is 8.29. The highest BCUT2D eigenvalue weighted by Gasteiger charge is 2.29. The Morgan fingerprint density at radius 3 is 2.91 bits per heavy atom. The molecular weight excluding hydrogens is 290 g/mol. The van der Waals surface area contributed by atoms with Gasteiger partial charge in [0.25, 0.3) is 5.91 Å². The van der Waals surface area contributed by atoms with E-state index in [4.69, 9.17) is 10.1 Å². The predicted molar refractivity (Wildman–Crippen MR) is 90.5 cm³/mol. The molecule has 0 saturated carbocycles. The largest absolute Gasteiger partial charge is 0.395 e. The van der Waals surface area contributed by atoms with Crippen molar-refractivity contribution in [1.29, 1.82) is 0 Å². The standard InChI is InChI=1S/C18H25N3O2/c1-18(2,3)12-4-5-13-11(8-12)9-14-15(20-13)10-16(21-14)17(23)19-6-7-22/h9-10,12,21-22H,4-8H2,1-3H3,(H,19,23). The van der Waals surface area contributed by atoms with Crippen LogP contribution in [0.2, 0.25) is 0 Å². The normalized spacial score (nSPS) is 18.0. The summed E-state index contributed by atoms with van der Waals surface area (Å²) < 4.78 is 0. The van der Waals surface area contributed by atoms with Crippen molar-refractivity contribution in [2.24, 2.45) is 11.3 Å². The number of aromatic nitrogens is 2. The first-order valence-corrected chi connectivity index (χ1v) is 8.29. The van der Waals surface area contributed by atoms with Gasteiger partial charge in [-0.15, -0.1) is 0 Å². The van der Waals surface area contributed by atoms with E-state index < -0.39 is 0 Å². The third-order valence-corrected chi connectivity index (χ3v) is 4.83. The molecule has 1 atom stereocenters. The fourth-order valence-electron chi connectivity index (χ4n) is 3.33. The van der Waals surface area contributed by atoms with Crippen molar-refractivity contribution < 1.29 is 9.90 Å². The molecule has 0 fully saturated rings. The van der Waals surface area contributed by atoms with Crippen LogP contribution in [0.3, 0.4) is 0 Å². The van der Waals surface area contributed by atoms with Gasteiger partial charge in [-0.3, -0.25) is 9.78 Å². The summed E-state index contributed by atoms with van der Waals surface area (Å²) in [6.07, 6.45) is 3.22. The molecule has 23 heavy (non-hydrogen) atoms. The Morgan fingerprint density at radius 1 is 1.43 bits per heavy atom. The fraction of sp³-hybridized carbons (Fsp3) is 0.556. The number of aliphatic hydroxyl groups excluding tert-OH is 1. The van der Waals surface area contributed by atoms with Gasteiger partial charge in [-0.25, -0.2) is 0 Å². The summed E-state index contributed by atoms with van der Waals surface area (Å²) in [6.45, 7) is 7.09. The summed E-state index contributed by atoms with van der Waals surface area (Å²) in [6, 6.07) is 3.94. The summed E-state index contributed by atoms with van der Waals surface area (Å²) in [7, 11) is 0. The van der Waals surface area contributed by atoms with Crippen molar-refractivity contribution in [2.45, 2.75) is 40.0 Å². The van der Waals surface area contributed by atoms with Crippen molar-refractivity contribution in [1.82, 2.24) is 15.3 Å².